The van der Waals surface area contributed by atoms with Gasteiger partial charge in [0.25, 0.3) is 0 Å². The van der Waals surface area contributed by atoms with Gasteiger partial charge in [-0.25, -0.2) is 0 Å². The average Bonchev–Trinajstić information content (AvgIpc) is 2.99. The zero-order valence-corrected chi connectivity index (χ0v) is 27.4. The Kier molecular flexibility index (Phi) is 23.9. The molecule has 1 aromatic rings. The molecule has 0 unspecified atom stereocenters. The quantitative estimate of drug-likeness (QED) is 0.0436. The first kappa shape index (κ1) is 36.8. The normalized spacial score (nSPS) is 11.2. The van der Waals surface area contributed by atoms with E-state index in [0.29, 0.717) is 30.4 Å². The third-order valence-electron chi connectivity index (χ3n) is 7.74. The first-order valence-corrected chi connectivity index (χ1v) is 17.3. The van der Waals surface area contributed by atoms with Gasteiger partial charge in [0, 0.05) is 25.2 Å². The van der Waals surface area contributed by atoms with Crippen LogP contribution in [0.2, 0.25) is 0 Å². The molecular weight excluding hydrogens is 506 g/mol. The lowest BCUT2D eigenvalue weighted by Gasteiger charge is -2.15. The average molecular weight is 570 g/mol. The maximum Gasteiger partial charge on any atom is 0.148 e. The molecule has 0 saturated heterocycles. The number of hydrogen-bond acceptors (Lipinski definition) is 4. The van der Waals surface area contributed by atoms with Crippen molar-refractivity contribution < 1.29 is 9.47 Å². The van der Waals surface area contributed by atoms with E-state index in [1.54, 1.807) is 0 Å². The van der Waals surface area contributed by atoms with Crippen molar-refractivity contribution in [2.75, 3.05) is 26.3 Å². The molecule has 234 valence electrons. The molecule has 5 heteroatoms. The van der Waals surface area contributed by atoms with Gasteiger partial charge in [0.2, 0.25) is 0 Å². The summed E-state index contributed by atoms with van der Waals surface area (Å²) in [5.41, 5.74) is 1.40. The van der Waals surface area contributed by atoms with Crippen LogP contribution in [-0.2, 0) is 0 Å². The molecule has 0 amide bonds. The first-order chi connectivity index (χ1) is 20.2. The third-order valence-corrected chi connectivity index (χ3v) is 7.74. The van der Waals surface area contributed by atoms with E-state index in [1.807, 2.05) is 17.1 Å². The molecule has 0 radical (unpaired) electrons. The number of unbranched alkanes of at least 4 members (excludes halogenated alkanes) is 18. The minimum absolute atomic E-state index is 0.660. The predicted molar refractivity (Wildman–Crippen MR) is 176 cm³/mol. The third kappa shape index (κ3) is 18.8. The highest BCUT2D eigenvalue weighted by atomic mass is 16.5. The van der Waals surface area contributed by atoms with Crippen LogP contribution < -0.4 is 9.47 Å². The molecule has 0 aliphatic heterocycles. The number of hydrogen-bond donors (Lipinski definition) is 0. The summed E-state index contributed by atoms with van der Waals surface area (Å²) in [6.45, 7) is 11.6. The number of terminal acetylenes is 1. The Morgan fingerprint density at radius 3 is 1.41 bits per heavy atom. The molecule has 1 rings (SSSR count). The van der Waals surface area contributed by atoms with Gasteiger partial charge >= 0.3 is 0 Å². The zero-order chi connectivity index (χ0) is 29.8. The lowest BCUT2D eigenvalue weighted by molar-refractivity contribution is 0.290. The molecule has 0 aliphatic carbocycles. The highest BCUT2D eigenvalue weighted by molar-refractivity contribution is 5.62. The van der Waals surface area contributed by atoms with Crippen molar-refractivity contribution in [3.05, 3.63) is 17.7 Å². The summed E-state index contributed by atoms with van der Waals surface area (Å²) in [6, 6.07) is 3.81. The lowest BCUT2D eigenvalue weighted by Crippen LogP contribution is -2.14. The number of benzene rings is 1. The Labute approximate surface area is 254 Å². The Bertz CT molecular complexity index is 814. The number of nitrogens with zero attached hydrogens (tertiary/aromatic N) is 3. The predicted octanol–water partition coefficient (Wildman–Crippen LogP) is 11.6. The summed E-state index contributed by atoms with van der Waals surface area (Å²) in [5, 5.41) is 10.9. The van der Waals surface area contributed by atoms with Crippen LogP contribution in [0.5, 0.6) is 11.5 Å². The second kappa shape index (κ2) is 26.7. The van der Waals surface area contributed by atoms with Gasteiger partial charge in [0.1, 0.15) is 17.2 Å². The highest BCUT2D eigenvalue weighted by Gasteiger charge is 2.12. The van der Waals surface area contributed by atoms with E-state index >= 15 is 0 Å². The smallest absolute Gasteiger partial charge is 0.148 e. The van der Waals surface area contributed by atoms with Crippen molar-refractivity contribution >= 4 is 5.69 Å². The lowest BCUT2D eigenvalue weighted by atomic mass is 10.1. The van der Waals surface area contributed by atoms with E-state index in [0.717, 1.165) is 31.5 Å². The highest BCUT2D eigenvalue weighted by Crippen LogP contribution is 2.36. The molecule has 41 heavy (non-hydrogen) atoms. The van der Waals surface area contributed by atoms with Crippen LogP contribution in [0.3, 0.4) is 0 Å². The van der Waals surface area contributed by atoms with Gasteiger partial charge in [0.05, 0.1) is 18.8 Å². The molecule has 0 fully saturated rings. The summed E-state index contributed by atoms with van der Waals surface area (Å²) in [6.07, 6.45) is 31.9. The minimum atomic E-state index is 0.660. The zero-order valence-electron chi connectivity index (χ0n) is 27.4. The van der Waals surface area contributed by atoms with Crippen molar-refractivity contribution in [1.82, 2.24) is 5.01 Å². The van der Waals surface area contributed by atoms with Gasteiger partial charge in [-0.05, 0) is 26.7 Å². The van der Waals surface area contributed by atoms with Gasteiger partial charge in [-0.15, -0.1) is 11.5 Å². The van der Waals surface area contributed by atoms with Crippen molar-refractivity contribution in [3.63, 3.8) is 0 Å². The summed E-state index contributed by atoms with van der Waals surface area (Å²) >= 11 is 0. The number of ether oxygens (including phenoxy) is 2. The van der Waals surface area contributed by atoms with E-state index in [9.17, 15) is 0 Å². The Balaban J connectivity index is 2.55. The van der Waals surface area contributed by atoms with Crippen molar-refractivity contribution in [3.8, 4) is 23.8 Å². The van der Waals surface area contributed by atoms with Crippen molar-refractivity contribution in [2.45, 2.75) is 156 Å². The molecule has 0 aliphatic rings. The molecule has 0 N–H and O–H groups in total. The molecule has 0 spiro atoms. The van der Waals surface area contributed by atoms with Crippen LogP contribution in [-0.4, -0.2) is 31.3 Å². The van der Waals surface area contributed by atoms with Crippen LogP contribution in [0.15, 0.2) is 22.5 Å². The molecular formula is C36H63N3O2. The van der Waals surface area contributed by atoms with Gasteiger partial charge in [0.15, 0.2) is 0 Å². The molecule has 0 heterocycles. The maximum atomic E-state index is 6.19. The Morgan fingerprint density at radius 1 is 0.585 bits per heavy atom. The van der Waals surface area contributed by atoms with Gasteiger partial charge < -0.3 is 9.47 Å². The molecule has 5 nitrogen and oxygen atoms in total. The van der Waals surface area contributed by atoms with Crippen LogP contribution in [0.4, 0.5) is 5.69 Å². The second-order valence-electron chi connectivity index (χ2n) is 11.3. The Hall–Kier alpha value is -2.22. The number of rotatable bonds is 28. The summed E-state index contributed by atoms with van der Waals surface area (Å²) in [5.74, 6) is 4.18. The molecule has 0 aromatic heterocycles. The summed E-state index contributed by atoms with van der Waals surface area (Å²) < 4.78 is 12.3. The fourth-order valence-corrected chi connectivity index (χ4v) is 4.98. The van der Waals surface area contributed by atoms with E-state index in [1.165, 1.54) is 116 Å². The molecule has 0 bridgehead atoms. The standard InChI is InChI=1S/C36H63N3O2/c1-6-11-13-15-17-19-21-23-25-27-29-40-35-32-34(37-38-39(9-4)10-5)36(31-33(35)8-3)41-30-28-26-24-22-20-18-16-14-12-7-2/h3,31-32H,6-7,9-30H2,1-2,4-5H3. The summed E-state index contributed by atoms with van der Waals surface area (Å²) in [4.78, 5) is 0. The van der Waals surface area contributed by atoms with Crippen LogP contribution >= 0.6 is 0 Å². The van der Waals surface area contributed by atoms with Gasteiger partial charge in [-0.2, -0.15) is 0 Å². The van der Waals surface area contributed by atoms with E-state index in [4.69, 9.17) is 15.9 Å². The minimum Gasteiger partial charge on any atom is -0.492 e. The van der Waals surface area contributed by atoms with Gasteiger partial charge in [-0.1, -0.05) is 141 Å². The first-order valence-electron chi connectivity index (χ1n) is 17.3. The van der Waals surface area contributed by atoms with Crippen LogP contribution in [0.1, 0.15) is 162 Å². The van der Waals surface area contributed by atoms with Gasteiger partial charge in [-0.3, -0.25) is 5.01 Å². The van der Waals surface area contributed by atoms with Crippen molar-refractivity contribution in [2.24, 2.45) is 10.3 Å². The van der Waals surface area contributed by atoms with Crippen molar-refractivity contribution in [1.29, 1.82) is 0 Å². The SMILES string of the molecule is C#Cc1cc(OCCCCCCCCCCCC)c(N=NN(CC)CC)cc1OCCCCCCCCCCCC. The van der Waals surface area contributed by atoms with E-state index in [2.05, 4.69) is 44.0 Å². The van der Waals surface area contributed by atoms with Crippen LogP contribution in [0, 0.1) is 12.3 Å². The topological polar surface area (TPSA) is 46.4 Å². The van der Waals surface area contributed by atoms with E-state index < -0.39 is 0 Å². The molecule has 0 atom stereocenters. The molecule has 0 saturated carbocycles. The van der Waals surface area contributed by atoms with E-state index in [-0.39, 0.29) is 0 Å². The Morgan fingerprint density at radius 2 is 1.00 bits per heavy atom. The van der Waals surface area contributed by atoms with Crippen LogP contribution in [0.25, 0.3) is 0 Å². The fraction of sp³-hybridized carbons (Fsp3) is 0.778. The molecule has 1 aromatic carbocycles. The largest absolute Gasteiger partial charge is 0.492 e. The second-order valence-corrected chi connectivity index (χ2v) is 11.3. The summed E-state index contributed by atoms with van der Waals surface area (Å²) in [7, 11) is 0. The maximum absolute atomic E-state index is 6.19. The monoisotopic (exact) mass is 569 g/mol. The fourth-order valence-electron chi connectivity index (χ4n) is 4.98.